The minimum atomic E-state index is -0.956. The Kier molecular flexibility index (Phi) is 8.26. The first-order valence-corrected chi connectivity index (χ1v) is 12.9. The lowest BCUT2D eigenvalue weighted by atomic mass is 9.88. The van der Waals surface area contributed by atoms with Crippen LogP contribution in [0.5, 0.6) is 0 Å². The van der Waals surface area contributed by atoms with Crippen molar-refractivity contribution in [1.29, 1.82) is 0 Å². The number of urea groups is 1. The van der Waals surface area contributed by atoms with Gasteiger partial charge in [-0.1, -0.05) is 55.2 Å². The van der Waals surface area contributed by atoms with Crippen LogP contribution in [0.2, 0.25) is 0 Å². The van der Waals surface area contributed by atoms with Gasteiger partial charge in [-0.2, -0.15) is 0 Å². The van der Waals surface area contributed by atoms with E-state index in [9.17, 15) is 14.7 Å². The molecule has 1 aromatic rings. The quantitative estimate of drug-likeness (QED) is 0.291. The Bertz CT molecular complexity index is 754. The van der Waals surface area contributed by atoms with Crippen molar-refractivity contribution in [3.05, 3.63) is 6.20 Å². The third-order valence-corrected chi connectivity index (χ3v) is 8.63. The lowest BCUT2D eigenvalue weighted by Crippen LogP contribution is -2.59. The van der Waals surface area contributed by atoms with Crippen molar-refractivity contribution in [2.24, 2.45) is 0 Å². The summed E-state index contributed by atoms with van der Waals surface area (Å²) < 4.78 is 5.88. The minimum Gasteiger partial charge on any atom is -0.480 e. The van der Waals surface area contributed by atoms with Crippen LogP contribution in [0, 0.1) is 0 Å². The predicted octanol–water partition coefficient (Wildman–Crippen LogP) is 5.96. The van der Waals surface area contributed by atoms with Gasteiger partial charge in [0.1, 0.15) is 10.5 Å². The number of nitrogens with one attached hydrogen (secondary N) is 1. The smallest absolute Gasteiger partial charge is 0.326 e. The normalized spacial score (nSPS) is 20.1. The number of hydrogen-bond acceptors (Lipinski definition) is 6. The molecular weight excluding hydrogens is 434 g/mol. The van der Waals surface area contributed by atoms with Crippen molar-refractivity contribution in [3.8, 4) is 0 Å². The summed E-state index contributed by atoms with van der Waals surface area (Å²) in [5, 5.41) is 12.9. The summed E-state index contributed by atoms with van der Waals surface area (Å²) in [4.78, 5) is 31.3. The summed E-state index contributed by atoms with van der Waals surface area (Å²) in [5.41, 5.74) is -0.558. The van der Waals surface area contributed by atoms with Crippen LogP contribution in [0.25, 0.3) is 0 Å². The predicted molar refractivity (Wildman–Crippen MR) is 125 cm³/mol. The second-order valence-corrected chi connectivity index (χ2v) is 12.0. The number of anilines is 1. The molecule has 2 fully saturated rings. The fourth-order valence-corrected chi connectivity index (χ4v) is 6.92. The number of amides is 2. The van der Waals surface area contributed by atoms with Gasteiger partial charge >= 0.3 is 12.0 Å². The van der Waals surface area contributed by atoms with E-state index < -0.39 is 16.4 Å². The molecule has 0 unspecified atom stereocenters. The van der Waals surface area contributed by atoms with Crippen LogP contribution in [0.15, 0.2) is 10.4 Å². The third-order valence-electron chi connectivity index (χ3n) is 6.43. The second kappa shape index (κ2) is 10.5. The molecule has 1 aromatic heterocycles. The van der Waals surface area contributed by atoms with Crippen LogP contribution >= 0.6 is 23.1 Å². The lowest BCUT2D eigenvalue weighted by Gasteiger charge is -2.48. The highest BCUT2D eigenvalue weighted by Crippen LogP contribution is 2.40. The summed E-state index contributed by atoms with van der Waals surface area (Å²) in [6.07, 6.45) is 13.4. The molecule has 2 aliphatic carbocycles. The van der Waals surface area contributed by atoms with E-state index in [1.54, 1.807) is 27.2 Å². The molecule has 9 heteroatoms. The van der Waals surface area contributed by atoms with Crippen molar-refractivity contribution in [1.82, 2.24) is 9.88 Å². The monoisotopic (exact) mass is 469 g/mol. The van der Waals surface area contributed by atoms with E-state index in [-0.39, 0.29) is 12.1 Å². The summed E-state index contributed by atoms with van der Waals surface area (Å²) in [7, 11) is 1.73. The number of hydrogen-bond donors (Lipinski definition) is 2. The van der Waals surface area contributed by atoms with E-state index in [4.69, 9.17) is 4.74 Å². The molecule has 0 aromatic carbocycles. The summed E-state index contributed by atoms with van der Waals surface area (Å²) in [6, 6.07) is 0.0133. The maximum atomic E-state index is 13.6. The minimum absolute atomic E-state index is 0.154. The van der Waals surface area contributed by atoms with E-state index in [0.29, 0.717) is 5.13 Å². The SMILES string of the molecule is COC1(N(C(=O)Nc2ncc(SC(C)(C)C(=O)O)s2)C2CCCCCC2)CCCCC1. The van der Waals surface area contributed by atoms with Crippen molar-refractivity contribution in [2.45, 2.75) is 105 Å². The molecule has 0 spiro atoms. The maximum Gasteiger partial charge on any atom is 0.326 e. The Morgan fingerprint density at radius 2 is 1.81 bits per heavy atom. The molecule has 0 bridgehead atoms. The van der Waals surface area contributed by atoms with Gasteiger partial charge in [0.2, 0.25) is 0 Å². The fourth-order valence-electron chi connectivity index (χ4n) is 4.66. The molecule has 2 amide bonds. The van der Waals surface area contributed by atoms with Crippen LogP contribution in [-0.2, 0) is 9.53 Å². The topological polar surface area (TPSA) is 91.8 Å². The molecule has 31 heavy (non-hydrogen) atoms. The van der Waals surface area contributed by atoms with Gasteiger partial charge in [-0.3, -0.25) is 15.0 Å². The molecule has 0 radical (unpaired) electrons. The van der Waals surface area contributed by atoms with E-state index in [1.165, 1.54) is 42.4 Å². The van der Waals surface area contributed by atoms with Crippen LogP contribution in [-0.4, -0.2) is 50.6 Å². The second-order valence-electron chi connectivity index (χ2n) is 9.06. The number of nitrogens with zero attached hydrogens (tertiary/aromatic N) is 2. The van der Waals surface area contributed by atoms with E-state index >= 15 is 0 Å². The van der Waals surface area contributed by atoms with Crippen LogP contribution in [0.1, 0.15) is 84.5 Å². The zero-order valence-corrected chi connectivity index (χ0v) is 20.4. The Morgan fingerprint density at radius 3 is 2.39 bits per heavy atom. The Balaban J connectivity index is 1.79. The van der Waals surface area contributed by atoms with Gasteiger partial charge in [-0.15, -0.1) is 0 Å². The van der Waals surface area contributed by atoms with Crippen LogP contribution in [0.3, 0.4) is 0 Å². The van der Waals surface area contributed by atoms with E-state index in [1.807, 2.05) is 4.90 Å². The van der Waals surface area contributed by atoms with Crippen LogP contribution < -0.4 is 5.32 Å². The van der Waals surface area contributed by atoms with Crippen molar-refractivity contribution in [2.75, 3.05) is 12.4 Å². The Morgan fingerprint density at radius 1 is 1.19 bits per heavy atom. The molecule has 3 rings (SSSR count). The number of carboxylic acids is 1. The Hall–Kier alpha value is -1.32. The molecule has 7 nitrogen and oxygen atoms in total. The maximum absolute atomic E-state index is 13.6. The fraction of sp³-hybridized carbons (Fsp3) is 0.773. The number of thiazole rings is 1. The van der Waals surface area contributed by atoms with Gasteiger partial charge in [0, 0.05) is 13.2 Å². The number of aliphatic carboxylic acids is 1. The highest BCUT2D eigenvalue weighted by atomic mass is 32.2. The molecule has 2 saturated carbocycles. The number of carbonyl (C=O) groups is 2. The molecule has 2 N–H and O–H groups in total. The Labute approximate surface area is 193 Å². The van der Waals surface area contributed by atoms with E-state index in [2.05, 4.69) is 10.3 Å². The standard InChI is InChI=1S/C22H35N3O4S2/c1-21(2,18(26)27)31-17-15-23-19(30-17)24-20(28)25(16-11-7-4-5-8-12-16)22(29-3)13-9-6-10-14-22/h15-16H,4-14H2,1-3H3,(H,26,27)(H,23,24,28). The molecule has 0 atom stereocenters. The zero-order valence-electron chi connectivity index (χ0n) is 18.8. The number of aromatic nitrogens is 1. The molecular formula is C22H35N3O4S2. The first-order valence-electron chi connectivity index (χ1n) is 11.3. The van der Waals surface area contributed by atoms with Gasteiger partial charge in [0.15, 0.2) is 5.13 Å². The lowest BCUT2D eigenvalue weighted by molar-refractivity contribution is -0.148. The number of rotatable bonds is 7. The molecule has 2 aliphatic rings. The number of carboxylic acid groups (broad SMARTS) is 1. The number of thioether (sulfide) groups is 1. The van der Waals surface area contributed by atoms with Crippen molar-refractivity contribution < 1.29 is 19.4 Å². The van der Waals surface area contributed by atoms with Crippen molar-refractivity contribution in [3.63, 3.8) is 0 Å². The van der Waals surface area contributed by atoms with E-state index in [0.717, 1.165) is 55.6 Å². The highest BCUT2D eigenvalue weighted by molar-refractivity contribution is 8.03. The first kappa shape index (κ1) is 24.3. The van der Waals surface area contributed by atoms with Crippen LogP contribution in [0.4, 0.5) is 9.93 Å². The third kappa shape index (κ3) is 5.93. The molecule has 1 heterocycles. The molecule has 0 saturated heterocycles. The zero-order chi connectivity index (χ0) is 22.5. The summed E-state index contributed by atoms with van der Waals surface area (Å²) >= 11 is 2.56. The van der Waals surface area contributed by atoms with Gasteiger partial charge < -0.3 is 9.84 Å². The average Bonchev–Trinajstić information content (AvgIpc) is 2.99. The van der Waals surface area contributed by atoms with Gasteiger partial charge in [0.25, 0.3) is 0 Å². The number of methoxy groups -OCH3 is 1. The van der Waals surface area contributed by atoms with Gasteiger partial charge in [0.05, 0.1) is 10.4 Å². The molecule has 0 aliphatic heterocycles. The highest BCUT2D eigenvalue weighted by Gasteiger charge is 2.44. The summed E-state index contributed by atoms with van der Waals surface area (Å²) in [6.45, 7) is 3.33. The first-order chi connectivity index (χ1) is 14.8. The van der Waals surface area contributed by atoms with Gasteiger partial charge in [-0.05, 0) is 52.4 Å². The number of ether oxygens (including phenoxy) is 1. The average molecular weight is 470 g/mol. The largest absolute Gasteiger partial charge is 0.480 e. The number of carbonyl (C=O) groups excluding carboxylic acids is 1. The molecule has 174 valence electrons. The van der Waals surface area contributed by atoms with Crippen molar-refractivity contribution >= 4 is 40.2 Å². The summed E-state index contributed by atoms with van der Waals surface area (Å²) in [5.74, 6) is -0.879. The van der Waals surface area contributed by atoms with Gasteiger partial charge in [-0.25, -0.2) is 9.78 Å².